The summed E-state index contributed by atoms with van der Waals surface area (Å²) in [7, 11) is 0. The van der Waals surface area contributed by atoms with Crippen molar-refractivity contribution in [1.29, 1.82) is 0 Å². The Hall–Kier alpha value is -1.35. The standard InChI is InChI=1S/C13H17N3/c1-10-2-3-13-15-12(9-16(13)8-10)6-11-4-5-14-7-11/h2-3,8-9,11,14H,4-7H2,1H3. The van der Waals surface area contributed by atoms with E-state index in [1.165, 1.54) is 17.7 Å². The van der Waals surface area contributed by atoms with Crippen LogP contribution in [0.2, 0.25) is 0 Å². The molecule has 2 aromatic rings. The van der Waals surface area contributed by atoms with Gasteiger partial charge < -0.3 is 9.72 Å². The summed E-state index contributed by atoms with van der Waals surface area (Å²) in [4.78, 5) is 4.65. The van der Waals surface area contributed by atoms with Crippen LogP contribution < -0.4 is 5.32 Å². The van der Waals surface area contributed by atoms with Crippen molar-refractivity contribution in [2.75, 3.05) is 13.1 Å². The van der Waals surface area contributed by atoms with Gasteiger partial charge in [0.05, 0.1) is 5.69 Å². The molecule has 0 spiro atoms. The SMILES string of the molecule is Cc1ccc2nc(CC3CCNC3)cn2c1. The maximum Gasteiger partial charge on any atom is 0.136 e. The van der Waals surface area contributed by atoms with Crippen LogP contribution in [0.1, 0.15) is 17.7 Å². The lowest BCUT2D eigenvalue weighted by Gasteiger charge is -2.03. The normalized spacial score (nSPS) is 20.7. The highest BCUT2D eigenvalue weighted by Gasteiger charge is 2.16. The lowest BCUT2D eigenvalue weighted by atomic mass is 10.0. The first-order valence-corrected chi connectivity index (χ1v) is 5.96. The van der Waals surface area contributed by atoms with Gasteiger partial charge in [-0.15, -0.1) is 0 Å². The number of nitrogens with one attached hydrogen (secondary N) is 1. The molecule has 2 aromatic heterocycles. The maximum absolute atomic E-state index is 4.65. The zero-order valence-electron chi connectivity index (χ0n) is 9.61. The average molecular weight is 215 g/mol. The first-order valence-electron chi connectivity index (χ1n) is 5.96. The van der Waals surface area contributed by atoms with Crippen LogP contribution in [0, 0.1) is 12.8 Å². The molecule has 1 aliphatic heterocycles. The second kappa shape index (κ2) is 3.91. The Morgan fingerprint density at radius 2 is 2.38 bits per heavy atom. The van der Waals surface area contributed by atoms with Crippen molar-refractivity contribution in [3.8, 4) is 0 Å². The second-order valence-electron chi connectivity index (χ2n) is 4.77. The predicted octanol–water partition coefficient (Wildman–Crippen LogP) is 1.79. The Morgan fingerprint density at radius 3 is 3.19 bits per heavy atom. The second-order valence-corrected chi connectivity index (χ2v) is 4.77. The number of aryl methyl sites for hydroxylation is 1. The van der Waals surface area contributed by atoms with Crippen LogP contribution in [-0.2, 0) is 6.42 Å². The van der Waals surface area contributed by atoms with Gasteiger partial charge in [-0.05, 0) is 50.4 Å². The maximum atomic E-state index is 4.65. The number of nitrogens with zero attached hydrogens (tertiary/aromatic N) is 2. The van der Waals surface area contributed by atoms with Crippen LogP contribution in [0.25, 0.3) is 5.65 Å². The smallest absolute Gasteiger partial charge is 0.136 e. The molecule has 0 bridgehead atoms. The van der Waals surface area contributed by atoms with E-state index in [4.69, 9.17) is 0 Å². The van der Waals surface area contributed by atoms with Crippen molar-refractivity contribution in [3.63, 3.8) is 0 Å². The Bertz CT molecular complexity index is 495. The molecule has 3 nitrogen and oxygen atoms in total. The first-order chi connectivity index (χ1) is 7.81. The van der Waals surface area contributed by atoms with Crippen molar-refractivity contribution in [2.45, 2.75) is 19.8 Å². The van der Waals surface area contributed by atoms with Gasteiger partial charge in [-0.1, -0.05) is 6.07 Å². The van der Waals surface area contributed by atoms with Crippen LogP contribution in [-0.4, -0.2) is 22.5 Å². The Morgan fingerprint density at radius 1 is 1.44 bits per heavy atom. The summed E-state index contributed by atoms with van der Waals surface area (Å²) >= 11 is 0. The van der Waals surface area contributed by atoms with Gasteiger partial charge in [-0.2, -0.15) is 0 Å². The minimum atomic E-state index is 0.769. The first kappa shape index (κ1) is 9.85. The third-order valence-corrected chi connectivity index (χ3v) is 3.31. The zero-order valence-corrected chi connectivity index (χ0v) is 9.61. The van der Waals surface area contributed by atoms with Crippen molar-refractivity contribution in [1.82, 2.24) is 14.7 Å². The molecule has 3 heterocycles. The van der Waals surface area contributed by atoms with Gasteiger partial charge in [0.1, 0.15) is 5.65 Å². The average Bonchev–Trinajstić information content (AvgIpc) is 2.86. The Labute approximate surface area is 95.5 Å². The molecular formula is C13H17N3. The van der Waals surface area contributed by atoms with Gasteiger partial charge in [0.2, 0.25) is 0 Å². The lowest BCUT2D eigenvalue weighted by Crippen LogP contribution is -2.10. The molecular weight excluding hydrogens is 198 g/mol. The van der Waals surface area contributed by atoms with E-state index >= 15 is 0 Å². The summed E-state index contributed by atoms with van der Waals surface area (Å²) in [5, 5.41) is 3.40. The van der Waals surface area contributed by atoms with Crippen LogP contribution >= 0.6 is 0 Å². The lowest BCUT2D eigenvalue weighted by molar-refractivity contribution is 0.573. The fourth-order valence-electron chi connectivity index (χ4n) is 2.44. The monoisotopic (exact) mass is 215 g/mol. The van der Waals surface area contributed by atoms with Gasteiger partial charge in [-0.3, -0.25) is 0 Å². The van der Waals surface area contributed by atoms with Crippen molar-refractivity contribution in [2.24, 2.45) is 5.92 Å². The van der Waals surface area contributed by atoms with E-state index in [1.807, 2.05) is 0 Å². The number of fused-ring (bicyclic) bond motifs is 1. The number of rotatable bonds is 2. The summed E-state index contributed by atoms with van der Waals surface area (Å²) < 4.78 is 2.13. The molecule has 0 radical (unpaired) electrons. The number of imidazole rings is 1. The summed E-state index contributed by atoms with van der Waals surface area (Å²) in [6, 6.07) is 4.20. The highest BCUT2D eigenvalue weighted by molar-refractivity contribution is 5.41. The topological polar surface area (TPSA) is 29.3 Å². The van der Waals surface area contributed by atoms with Crippen LogP contribution in [0.3, 0.4) is 0 Å². The Kier molecular flexibility index (Phi) is 2.40. The van der Waals surface area contributed by atoms with Gasteiger partial charge in [0.25, 0.3) is 0 Å². The fourth-order valence-corrected chi connectivity index (χ4v) is 2.44. The highest BCUT2D eigenvalue weighted by atomic mass is 15.0. The molecule has 16 heavy (non-hydrogen) atoms. The molecule has 3 rings (SSSR count). The molecule has 1 aliphatic rings. The number of pyridine rings is 1. The minimum Gasteiger partial charge on any atom is -0.316 e. The Balaban J connectivity index is 1.86. The van der Waals surface area contributed by atoms with E-state index < -0.39 is 0 Å². The minimum absolute atomic E-state index is 0.769. The van der Waals surface area contributed by atoms with Gasteiger partial charge >= 0.3 is 0 Å². The molecule has 0 aromatic carbocycles. The summed E-state index contributed by atoms with van der Waals surface area (Å²) in [5.74, 6) is 0.769. The third-order valence-electron chi connectivity index (χ3n) is 3.31. The van der Waals surface area contributed by atoms with Crippen LogP contribution in [0.15, 0.2) is 24.5 Å². The zero-order chi connectivity index (χ0) is 11.0. The van der Waals surface area contributed by atoms with E-state index in [1.54, 1.807) is 0 Å². The molecule has 0 amide bonds. The predicted molar refractivity (Wildman–Crippen MR) is 64.6 cm³/mol. The molecule has 3 heteroatoms. The fraction of sp³-hybridized carbons (Fsp3) is 0.462. The van der Waals surface area contributed by atoms with Gasteiger partial charge in [0, 0.05) is 12.4 Å². The van der Waals surface area contributed by atoms with Crippen molar-refractivity contribution in [3.05, 3.63) is 35.8 Å². The highest BCUT2D eigenvalue weighted by Crippen LogP contribution is 2.15. The van der Waals surface area contributed by atoms with Gasteiger partial charge in [-0.25, -0.2) is 4.98 Å². The molecule has 1 unspecified atom stereocenters. The van der Waals surface area contributed by atoms with Gasteiger partial charge in [0.15, 0.2) is 0 Å². The van der Waals surface area contributed by atoms with E-state index in [9.17, 15) is 0 Å². The summed E-state index contributed by atoms with van der Waals surface area (Å²) in [5.41, 5.74) is 3.56. The van der Waals surface area contributed by atoms with E-state index in [-0.39, 0.29) is 0 Å². The quantitative estimate of drug-likeness (QED) is 0.827. The van der Waals surface area contributed by atoms with Crippen LogP contribution in [0.4, 0.5) is 0 Å². The molecule has 84 valence electrons. The molecule has 0 saturated carbocycles. The summed E-state index contributed by atoms with van der Waals surface area (Å²) in [6.45, 7) is 4.42. The molecule has 1 fully saturated rings. The molecule has 0 aliphatic carbocycles. The largest absolute Gasteiger partial charge is 0.316 e. The van der Waals surface area contributed by atoms with E-state index in [0.29, 0.717) is 0 Å². The number of hydrogen-bond acceptors (Lipinski definition) is 2. The van der Waals surface area contributed by atoms with Crippen molar-refractivity contribution < 1.29 is 0 Å². The van der Waals surface area contributed by atoms with Crippen molar-refractivity contribution >= 4 is 5.65 Å². The number of aromatic nitrogens is 2. The third kappa shape index (κ3) is 1.83. The summed E-state index contributed by atoms with van der Waals surface area (Å²) in [6.07, 6.45) is 6.69. The van der Waals surface area contributed by atoms with E-state index in [0.717, 1.165) is 31.1 Å². The number of hydrogen-bond donors (Lipinski definition) is 1. The molecule has 1 saturated heterocycles. The molecule has 1 atom stereocenters. The van der Waals surface area contributed by atoms with E-state index in [2.05, 4.69) is 46.2 Å². The van der Waals surface area contributed by atoms with Crippen LogP contribution in [0.5, 0.6) is 0 Å². The molecule has 1 N–H and O–H groups in total.